The van der Waals surface area contributed by atoms with Crippen LogP contribution in [0.1, 0.15) is 16.9 Å². The third-order valence-corrected chi connectivity index (χ3v) is 4.45. The summed E-state index contributed by atoms with van der Waals surface area (Å²) >= 11 is 0. The summed E-state index contributed by atoms with van der Waals surface area (Å²) < 4.78 is 20.2. The molecule has 1 saturated heterocycles. The first-order valence-corrected chi connectivity index (χ1v) is 8.61. The highest BCUT2D eigenvalue weighted by Gasteiger charge is 2.29. The van der Waals surface area contributed by atoms with Gasteiger partial charge in [-0.25, -0.2) is 14.1 Å². The number of pyridine rings is 2. The van der Waals surface area contributed by atoms with Crippen molar-refractivity contribution in [2.24, 2.45) is 0 Å². The van der Waals surface area contributed by atoms with E-state index in [1.807, 2.05) is 18.2 Å². The predicted octanol–water partition coefficient (Wildman–Crippen LogP) is 2.52. The molecule has 4 heterocycles. The highest BCUT2D eigenvalue weighted by atomic mass is 19.1. The molecular weight excluding hydrogens is 349 g/mol. The molecule has 3 aromatic heterocycles. The minimum atomic E-state index is -0.975. The largest absolute Gasteiger partial charge is 0.481 e. The molecule has 0 radical (unpaired) electrons. The molecule has 0 spiro atoms. The number of carbonyl (C=O) groups is 1. The lowest BCUT2D eigenvalue weighted by Gasteiger charge is -2.12. The number of likely N-dealkylation sites (tertiary alicyclic amines) is 1. The zero-order valence-electron chi connectivity index (χ0n) is 14.7. The molecule has 1 amide bonds. The Bertz CT molecular complexity index is 942. The smallest absolute Gasteiger partial charge is 0.274 e. The van der Waals surface area contributed by atoms with Gasteiger partial charge in [-0.2, -0.15) is 5.10 Å². The SMILES string of the molecule is COc1ccc(-n2nc(C(=O)N3CC[C@H](F)C3)cc2-c2ccccn2)cn1. The summed E-state index contributed by atoms with van der Waals surface area (Å²) in [5, 5.41) is 4.46. The number of halogens is 1. The second-order valence-corrected chi connectivity index (χ2v) is 6.24. The number of carbonyl (C=O) groups excluding carboxylic acids is 1. The second-order valence-electron chi connectivity index (χ2n) is 6.24. The van der Waals surface area contributed by atoms with Gasteiger partial charge in [-0.1, -0.05) is 6.07 Å². The highest BCUT2D eigenvalue weighted by molar-refractivity contribution is 5.93. The van der Waals surface area contributed by atoms with Crippen molar-refractivity contribution < 1.29 is 13.9 Å². The maximum atomic E-state index is 13.5. The number of hydrogen-bond donors (Lipinski definition) is 0. The zero-order chi connectivity index (χ0) is 18.8. The van der Waals surface area contributed by atoms with Gasteiger partial charge >= 0.3 is 0 Å². The van der Waals surface area contributed by atoms with Crippen LogP contribution in [0.2, 0.25) is 0 Å². The van der Waals surface area contributed by atoms with Crippen molar-refractivity contribution in [3.8, 4) is 23.0 Å². The maximum Gasteiger partial charge on any atom is 0.274 e. The quantitative estimate of drug-likeness (QED) is 0.708. The van der Waals surface area contributed by atoms with Crippen molar-refractivity contribution in [2.75, 3.05) is 20.2 Å². The van der Waals surface area contributed by atoms with Crippen LogP contribution in [0.4, 0.5) is 4.39 Å². The first kappa shape index (κ1) is 17.1. The lowest BCUT2D eigenvalue weighted by atomic mass is 10.2. The number of ether oxygens (including phenoxy) is 1. The average molecular weight is 367 g/mol. The summed E-state index contributed by atoms with van der Waals surface area (Å²) in [6, 6.07) is 10.7. The van der Waals surface area contributed by atoms with E-state index in [9.17, 15) is 9.18 Å². The first-order valence-electron chi connectivity index (χ1n) is 8.61. The Balaban J connectivity index is 1.76. The lowest BCUT2D eigenvalue weighted by Crippen LogP contribution is -2.29. The Morgan fingerprint density at radius 2 is 2.15 bits per heavy atom. The Kier molecular flexibility index (Phi) is 4.53. The van der Waals surface area contributed by atoms with Crippen LogP contribution in [0.5, 0.6) is 5.88 Å². The molecule has 0 aliphatic carbocycles. The zero-order valence-corrected chi connectivity index (χ0v) is 14.7. The molecule has 0 saturated carbocycles. The Morgan fingerprint density at radius 3 is 2.78 bits per heavy atom. The molecule has 1 aliphatic rings. The van der Waals surface area contributed by atoms with E-state index in [0.717, 1.165) is 0 Å². The molecule has 0 aromatic carbocycles. The molecule has 7 nitrogen and oxygen atoms in total. The van der Waals surface area contributed by atoms with E-state index in [1.165, 1.54) is 4.90 Å². The Labute approximate surface area is 155 Å². The van der Waals surface area contributed by atoms with E-state index in [4.69, 9.17) is 4.74 Å². The van der Waals surface area contributed by atoms with E-state index >= 15 is 0 Å². The molecule has 0 bridgehead atoms. The monoisotopic (exact) mass is 367 g/mol. The minimum Gasteiger partial charge on any atom is -0.481 e. The van der Waals surface area contributed by atoms with Crippen molar-refractivity contribution >= 4 is 5.91 Å². The van der Waals surface area contributed by atoms with Gasteiger partial charge in [-0.3, -0.25) is 9.78 Å². The molecule has 138 valence electrons. The number of alkyl halides is 1. The van der Waals surface area contributed by atoms with Crippen molar-refractivity contribution in [1.29, 1.82) is 0 Å². The van der Waals surface area contributed by atoms with Crippen LogP contribution in [0.3, 0.4) is 0 Å². The van der Waals surface area contributed by atoms with E-state index in [1.54, 1.807) is 42.4 Å². The number of aromatic nitrogens is 4. The highest BCUT2D eigenvalue weighted by Crippen LogP contribution is 2.24. The predicted molar refractivity (Wildman–Crippen MR) is 96.6 cm³/mol. The van der Waals surface area contributed by atoms with Crippen molar-refractivity contribution in [3.63, 3.8) is 0 Å². The topological polar surface area (TPSA) is 73.1 Å². The van der Waals surface area contributed by atoms with Crippen molar-refractivity contribution in [2.45, 2.75) is 12.6 Å². The fourth-order valence-corrected chi connectivity index (χ4v) is 3.06. The summed E-state index contributed by atoms with van der Waals surface area (Å²) in [4.78, 5) is 22.8. The van der Waals surface area contributed by atoms with E-state index in [0.29, 0.717) is 35.9 Å². The van der Waals surface area contributed by atoms with Crippen LogP contribution in [-0.4, -0.2) is 56.9 Å². The summed E-state index contributed by atoms with van der Waals surface area (Å²) in [5.41, 5.74) is 2.24. The van der Waals surface area contributed by atoms with E-state index in [-0.39, 0.29) is 18.1 Å². The number of rotatable bonds is 4. The number of methoxy groups -OCH3 is 1. The Hall–Kier alpha value is -3.29. The van der Waals surface area contributed by atoms with Crippen LogP contribution in [-0.2, 0) is 0 Å². The van der Waals surface area contributed by atoms with Crippen LogP contribution >= 0.6 is 0 Å². The summed E-state index contributed by atoms with van der Waals surface area (Å²) in [6.45, 7) is 0.505. The fourth-order valence-electron chi connectivity index (χ4n) is 3.06. The van der Waals surface area contributed by atoms with Gasteiger partial charge in [0.15, 0.2) is 5.69 Å². The van der Waals surface area contributed by atoms with Crippen molar-refractivity contribution in [1.82, 2.24) is 24.6 Å². The molecule has 4 rings (SSSR count). The van der Waals surface area contributed by atoms with Gasteiger partial charge in [0.05, 0.1) is 36.9 Å². The first-order chi connectivity index (χ1) is 13.2. The van der Waals surface area contributed by atoms with Crippen LogP contribution < -0.4 is 4.74 Å². The van der Waals surface area contributed by atoms with E-state index in [2.05, 4.69) is 15.1 Å². The van der Waals surface area contributed by atoms with Crippen LogP contribution in [0.25, 0.3) is 17.1 Å². The molecule has 0 N–H and O–H groups in total. The molecule has 0 unspecified atom stereocenters. The standard InChI is InChI=1S/C19H18FN5O2/c1-27-18-6-5-14(11-22-18)25-17(15-4-2-3-8-21-15)10-16(23-25)19(26)24-9-7-13(20)12-24/h2-6,8,10-11,13H,7,9,12H2,1H3/t13-/m0/s1. The lowest BCUT2D eigenvalue weighted by molar-refractivity contribution is 0.0776. The number of nitrogens with zero attached hydrogens (tertiary/aromatic N) is 5. The molecule has 1 atom stereocenters. The van der Waals surface area contributed by atoms with Crippen molar-refractivity contribution in [3.05, 3.63) is 54.5 Å². The Morgan fingerprint density at radius 1 is 1.26 bits per heavy atom. The van der Waals surface area contributed by atoms with Gasteiger partial charge in [0.1, 0.15) is 6.17 Å². The minimum absolute atomic E-state index is 0.106. The number of amides is 1. The average Bonchev–Trinajstić information content (AvgIpc) is 3.35. The third kappa shape index (κ3) is 3.38. The summed E-state index contributed by atoms with van der Waals surface area (Å²) in [7, 11) is 1.54. The molecule has 27 heavy (non-hydrogen) atoms. The summed E-state index contributed by atoms with van der Waals surface area (Å²) in [5.74, 6) is 0.195. The third-order valence-electron chi connectivity index (χ3n) is 4.45. The van der Waals surface area contributed by atoms with Crippen LogP contribution in [0.15, 0.2) is 48.8 Å². The van der Waals surface area contributed by atoms with Gasteiger partial charge in [-0.05, 0) is 30.7 Å². The normalized spacial score (nSPS) is 16.5. The van der Waals surface area contributed by atoms with Gasteiger partial charge in [-0.15, -0.1) is 0 Å². The second kappa shape index (κ2) is 7.14. The van der Waals surface area contributed by atoms with Crippen LogP contribution in [0, 0.1) is 0 Å². The maximum absolute atomic E-state index is 13.5. The molecule has 1 fully saturated rings. The molecule has 1 aliphatic heterocycles. The van der Waals surface area contributed by atoms with Gasteiger partial charge in [0, 0.05) is 18.8 Å². The molecular formula is C19H18FN5O2. The molecule has 8 heteroatoms. The van der Waals surface area contributed by atoms with Gasteiger partial charge < -0.3 is 9.64 Å². The van der Waals surface area contributed by atoms with Gasteiger partial charge in [0.2, 0.25) is 5.88 Å². The number of hydrogen-bond acceptors (Lipinski definition) is 5. The van der Waals surface area contributed by atoms with E-state index < -0.39 is 6.17 Å². The molecule has 3 aromatic rings. The van der Waals surface area contributed by atoms with Gasteiger partial charge in [0.25, 0.3) is 5.91 Å². The fraction of sp³-hybridized carbons (Fsp3) is 0.263. The summed E-state index contributed by atoms with van der Waals surface area (Å²) in [6.07, 6.45) is 2.67.